The van der Waals surface area contributed by atoms with Gasteiger partial charge in [-0.25, -0.2) is 4.79 Å². The van der Waals surface area contributed by atoms with Crippen LogP contribution in [0.25, 0.3) is 5.69 Å². The van der Waals surface area contributed by atoms with E-state index >= 15 is 0 Å². The molecule has 2 N–H and O–H groups in total. The Kier molecular flexibility index (Phi) is 3.31. The number of carbonyl (C=O) groups excluding carboxylic acids is 1. The highest BCUT2D eigenvalue weighted by Gasteiger charge is 2.44. The molecule has 0 radical (unpaired) electrons. The van der Waals surface area contributed by atoms with E-state index in [1.165, 1.54) is 17.9 Å². The summed E-state index contributed by atoms with van der Waals surface area (Å²) >= 11 is 0. The molecule has 3 rings (SSSR count). The molecule has 0 spiro atoms. The monoisotopic (exact) mass is 306 g/mol. The maximum atomic E-state index is 12.0. The lowest BCUT2D eigenvalue weighted by Gasteiger charge is -2.11. The zero-order chi connectivity index (χ0) is 16.6. The van der Waals surface area contributed by atoms with Gasteiger partial charge in [0.05, 0.1) is 29.8 Å². The van der Waals surface area contributed by atoms with Crippen molar-refractivity contribution in [2.24, 2.45) is 0 Å². The van der Waals surface area contributed by atoms with Gasteiger partial charge in [-0.15, -0.1) is 0 Å². The predicted molar refractivity (Wildman–Crippen MR) is 82.8 cm³/mol. The first-order chi connectivity index (χ1) is 11.1. The van der Waals surface area contributed by atoms with Crippen molar-refractivity contribution >= 4 is 11.7 Å². The van der Waals surface area contributed by atoms with Gasteiger partial charge in [-0.1, -0.05) is 12.1 Å². The second-order valence-corrected chi connectivity index (χ2v) is 5.52. The number of hydrogen-bond donors (Lipinski definition) is 1. The molecule has 1 aromatic carbocycles. The van der Waals surface area contributed by atoms with Gasteiger partial charge in [-0.2, -0.15) is 10.5 Å². The van der Waals surface area contributed by atoms with Crippen molar-refractivity contribution in [3.05, 3.63) is 47.3 Å². The van der Waals surface area contributed by atoms with Crippen LogP contribution in [0, 0.1) is 22.7 Å². The molecule has 1 fully saturated rings. The Labute approximate surface area is 133 Å². The number of esters is 1. The van der Waals surface area contributed by atoms with Gasteiger partial charge in [0.1, 0.15) is 6.07 Å². The quantitative estimate of drug-likeness (QED) is 0.876. The molecule has 23 heavy (non-hydrogen) atoms. The Hall–Kier alpha value is -3.25. The van der Waals surface area contributed by atoms with Crippen LogP contribution in [0.1, 0.15) is 34.5 Å². The van der Waals surface area contributed by atoms with E-state index in [-0.39, 0.29) is 22.4 Å². The molecule has 0 saturated heterocycles. The van der Waals surface area contributed by atoms with Crippen molar-refractivity contribution < 1.29 is 9.53 Å². The second kappa shape index (κ2) is 5.19. The molecule has 1 aliphatic carbocycles. The number of nitriles is 2. The number of aromatic nitrogens is 1. The summed E-state index contributed by atoms with van der Waals surface area (Å²) in [4.78, 5) is 12.0. The van der Waals surface area contributed by atoms with Gasteiger partial charge in [0.15, 0.2) is 5.69 Å². The van der Waals surface area contributed by atoms with Gasteiger partial charge in [0, 0.05) is 11.9 Å². The number of rotatable bonds is 3. The molecule has 1 saturated carbocycles. The molecule has 0 unspecified atom stereocenters. The zero-order valence-corrected chi connectivity index (χ0v) is 12.5. The Balaban J connectivity index is 2.07. The smallest absolute Gasteiger partial charge is 0.357 e. The molecule has 1 aliphatic rings. The van der Waals surface area contributed by atoms with E-state index in [0.29, 0.717) is 5.69 Å². The molecule has 1 heterocycles. The Morgan fingerprint density at radius 2 is 1.96 bits per heavy atom. The summed E-state index contributed by atoms with van der Waals surface area (Å²) in [6.07, 6.45) is 3.24. The van der Waals surface area contributed by atoms with Crippen LogP contribution >= 0.6 is 0 Å². The number of ether oxygens (including phenoxy) is 1. The number of anilines is 1. The fourth-order valence-electron chi connectivity index (χ4n) is 2.65. The second-order valence-electron chi connectivity index (χ2n) is 5.52. The topological polar surface area (TPSA) is 105 Å². The van der Waals surface area contributed by atoms with Crippen LogP contribution in [0.2, 0.25) is 0 Å². The fraction of sp³-hybridized carbons (Fsp3) is 0.235. The lowest BCUT2D eigenvalue weighted by Crippen LogP contribution is -2.11. The van der Waals surface area contributed by atoms with Gasteiger partial charge in [0.25, 0.3) is 0 Å². The van der Waals surface area contributed by atoms with Crippen LogP contribution in [-0.2, 0) is 10.2 Å². The third kappa shape index (κ3) is 2.21. The molecule has 0 amide bonds. The molecule has 2 aromatic rings. The van der Waals surface area contributed by atoms with Gasteiger partial charge in [-0.3, -0.25) is 0 Å². The highest BCUT2D eigenvalue weighted by molar-refractivity contribution is 5.95. The highest BCUT2D eigenvalue weighted by atomic mass is 16.5. The van der Waals surface area contributed by atoms with Gasteiger partial charge in [-0.05, 0) is 30.5 Å². The average Bonchev–Trinajstić information content (AvgIpc) is 3.32. The number of nitrogens with zero attached hydrogens (tertiary/aromatic N) is 3. The SMILES string of the molecule is COC(=O)c1c(N)c(C#N)cn1-c1ccc(C2(C#N)CC2)cc1. The minimum absolute atomic E-state index is 0.0964. The van der Waals surface area contributed by atoms with Crippen molar-refractivity contribution in [2.45, 2.75) is 18.3 Å². The van der Waals surface area contributed by atoms with Gasteiger partial charge < -0.3 is 15.0 Å². The van der Waals surface area contributed by atoms with Crippen molar-refractivity contribution in [1.29, 1.82) is 10.5 Å². The lowest BCUT2D eigenvalue weighted by molar-refractivity contribution is 0.0593. The van der Waals surface area contributed by atoms with Gasteiger partial charge in [0.2, 0.25) is 0 Å². The molecule has 0 bridgehead atoms. The number of methoxy groups -OCH3 is 1. The Morgan fingerprint density at radius 1 is 1.30 bits per heavy atom. The zero-order valence-electron chi connectivity index (χ0n) is 12.5. The van der Waals surface area contributed by atoms with E-state index in [0.717, 1.165) is 18.4 Å². The third-order valence-electron chi connectivity index (χ3n) is 4.21. The molecule has 6 nitrogen and oxygen atoms in total. The minimum Gasteiger partial charge on any atom is -0.464 e. The maximum absolute atomic E-state index is 12.0. The van der Waals surface area contributed by atoms with E-state index in [9.17, 15) is 10.1 Å². The van der Waals surface area contributed by atoms with Crippen LogP contribution in [0.3, 0.4) is 0 Å². The van der Waals surface area contributed by atoms with Crippen LogP contribution in [0.15, 0.2) is 30.5 Å². The van der Waals surface area contributed by atoms with E-state index < -0.39 is 5.97 Å². The summed E-state index contributed by atoms with van der Waals surface area (Å²) in [6, 6.07) is 11.7. The molecule has 0 aliphatic heterocycles. The summed E-state index contributed by atoms with van der Waals surface area (Å²) < 4.78 is 6.29. The van der Waals surface area contributed by atoms with Crippen molar-refractivity contribution in [2.75, 3.05) is 12.8 Å². The predicted octanol–water partition coefficient (Wildman–Crippen LogP) is 2.27. The first-order valence-corrected chi connectivity index (χ1v) is 7.07. The number of benzene rings is 1. The number of carbonyl (C=O) groups is 1. The number of hydrogen-bond acceptors (Lipinski definition) is 5. The number of nitrogens with two attached hydrogens (primary N) is 1. The average molecular weight is 306 g/mol. The first kappa shape index (κ1) is 14.7. The maximum Gasteiger partial charge on any atom is 0.357 e. The summed E-state index contributed by atoms with van der Waals surface area (Å²) in [7, 11) is 1.26. The molecule has 0 atom stereocenters. The standard InChI is InChI=1S/C17H14N4O2/c1-23-16(22)15-14(20)11(8-18)9-21(15)13-4-2-12(3-5-13)17(10-19)6-7-17/h2-5,9H,6-7,20H2,1H3. The minimum atomic E-state index is -0.608. The molecular formula is C17H14N4O2. The van der Waals surface area contributed by atoms with E-state index in [1.54, 1.807) is 12.1 Å². The molecule has 6 heteroatoms. The van der Waals surface area contributed by atoms with Crippen molar-refractivity contribution in [3.63, 3.8) is 0 Å². The largest absolute Gasteiger partial charge is 0.464 e. The number of nitrogen functional groups attached to an aromatic ring is 1. The summed E-state index contributed by atoms with van der Waals surface area (Å²) in [6.45, 7) is 0. The van der Waals surface area contributed by atoms with Gasteiger partial charge >= 0.3 is 5.97 Å². The van der Waals surface area contributed by atoms with E-state index in [4.69, 9.17) is 15.7 Å². The van der Waals surface area contributed by atoms with Crippen LogP contribution in [-0.4, -0.2) is 17.6 Å². The normalized spacial score (nSPS) is 14.6. The summed E-state index contributed by atoms with van der Waals surface area (Å²) in [5.41, 5.74) is 7.58. The van der Waals surface area contributed by atoms with E-state index in [1.807, 2.05) is 18.2 Å². The van der Waals surface area contributed by atoms with E-state index in [2.05, 4.69) is 6.07 Å². The van der Waals surface area contributed by atoms with Crippen LogP contribution in [0.5, 0.6) is 0 Å². The Bertz CT molecular complexity index is 862. The first-order valence-electron chi connectivity index (χ1n) is 7.07. The molecule has 114 valence electrons. The van der Waals surface area contributed by atoms with Crippen LogP contribution < -0.4 is 5.73 Å². The lowest BCUT2D eigenvalue weighted by atomic mass is 9.97. The molecule has 1 aromatic heterocycles. The van der Waals surface area contributed by atoms with Crippen molar-refractivity contribution in [3.8, 4) is 17.8 Å². The summed E-state index contributed by atoms with van der Waals surface area (Å²) in [5.74, 6) is -0.608. The van der Waals surface area contributed by atoms with Crippen molar-refractivity contribution in [1.82, 2.24) is 4.57 Å². The molecular weight excluding hydrogens is 292 g/mol. The van der Waals surface area contributed by atoms with Crippen LogP contribution in [0.4, 0.5) is 5.69 Å². The third-order valence-corrected chi connectivity index (χ3v) is 4.21. The highest BCUT2D eigenvalue weighted by Crippen LogP contribution is 2.47. The Morgan fingerprint density at radius 3 is 2.43 bits per heavy atom. The fourth-order valence-corrected chi connectivity index (χ4v) is 2.65. The summed E-state index contributed by atoms with van der Waals surface area (Å²) in [5, 5.41) is 18.4.